The molecule has 1 spiro atoms. The van der Waals surface area contributed by atoms with Crippen LogP contribution in [0.25, 0.3) is 0 Å². The Morgan fingerprint density at radius 2 is 1.86 bits per heavy atom. The highest BCUT2D eigenvalue weighted by Gasteiger charge is 2.43. The van der Waals surface area contributed by atoms with E-state index in [9.17, 15) is 13.2 Å². The standard InChI is InChI=1S/C14H17ClN2O3S/c15-11-3-1-2-4-12(11)21(19,20)17-7-5-14(6-8-17)9-13(18)16-10-14/h1-4H,5-10H2,(H,16,18). The Morgan fingerprint density at radius 3 is 2.43 bits per heavy atom. The summed E-state index contributed by atoms with van der Waals surface area (Å²) in [7, 11) is -3.56. The molecule has 2 heterocycles. The smallest absolute Gasteiger partial charge is 0.244 e. The number of hydrogen-bond donors (Lipinski definition) is 1. The van der Waals surface area contributed by atoms with E-state index in [1.54, 1.807) is 18.2 Å². The van der Waals surface area contributed by atoms with Gasteiger partial charge in [0.2, 0.25) is 15.9 Å². The third-order valence-corrected chi connectivity index (χ3v) is 6.83. The van der Waals surface area contributed by atoms with Crippen LogP contribution in [0.4, 0.5) is 0 Å². The Morgan fingerprint density at radius 1 is 1.19 bits per heavy atom. The fraction of sp³-hybridized carbons (Fsp3) is 0.500. The zero-order valence-corrected chi connectivity index (χ0v) is 13.1. The van der Waals surface area contributed by atoms with Crippen molar-refractivity contribution in [3.05, 3.63) is 29.3 Å². The topological polar surface area (TPSA) is 66.5 Å². The van der Waals surface area contributed by atoms with Crippen LogP contribution in [0, 0.1) is 5.41 Å². The number of amides is 1. The van der Waals surface area contributed by atoms with Gasteiger partial charge in [0.1, 0.15) is 4.90 Å². The number of piperidine rings is 1. The Balaban J connectivity index is 1.78. The third-order valence-electron chi connectivity index (χ3n) is 4.43. The second-order valence-electron chi connectivity index (χ2n) is 5.79. The minimum atomic E-state index is -3.56. The zero-order chi connectivity index (χ0) is 15.1. The molecule has 1 amide bonds. The van der Waals surface area contributed by atoms with Crippen molar-refractivity contribution in [2.75, 3.05) is 19.6 Å². The van der Waals surface area contributed by atoms with Crippen molar-refractivity contribution >= 4 is 27.5 Å². The molecule has 7 heteroatoms. The second kappa shape index (κ2) is 5.26. The van der Waals surface area contributed by atoms with Crippen LogP contribution in [0.15, 0.2) is 29.2 Å². The second-order valence-corrected chi connectivity index (χ2v) is 8.10. The highest BCUT2D eigenvalue weighted by molar-refractivity contribution is 7.89. The molecule has 1 N–H and O–H groups in total. The lowest BCUT2D eigenvalue weighted by atomic mass is 9.78. The van der Waals surface area contributed by atoms with Gasteiger partial charge in [-0.3, -0.25) is 4.79 Å². The molecule has 0 atom stereocenters. The first-order valence-corrected chi connectivity index (χ1v) is 8.76. The van der Waals surface area contributed by atoms with Crippen LogP contribution in [0.3, 0.4) is 0 Å². The molecule has 21 heavy (non-hydrogen) atoms. The lowest BCUT2D eigenvalue weighted by Gasteiger charge is -2.37. The molecular formula is C14H17ClN2O3S. The van der Waals surface area contributed by atoms with Gasteiger partial charge in [0.25, 0.3) is 0 Å². The molecular weight excluding hydrogens is 312 g/mol. The predicted molar refractivity (Wildman–Crippen MR) is 79.5 cm³/mol. The fourth-order valence-corrected chi connectivity index (χ4v) is 5.03. The van der Waals surface area contributed by atoms with Gasteiger partial charge in [0, 0.05) is 26.1 Å². The number of benzene rings is 1. The molecule has 0 aliphatic carbocycles. The zero-order valence-electron chi connectivity index (χ0n) is 11.5. The van der Waals surface area contributed by atoms with E-state index >= 15 is 0 Å². The summed E-state index contributed by atoms with van der Waals surface area (Å²) >= 11 is 6.01. The number of rotatable bonds is 2. The lowest BCUT2D eigenvalue weighted by Crippen LogP contribution is -2.44. The molecule has 3 rings (SSSR count). The van der Waals surface area contributed by atoms with Crippen molar-refractivity contribution in [3.63, 3.8) is 0 Å². The Bertz CT molecular complexity index is 667. The number of hydrogen-bond acceptors (Lipinski definition) is 3. The van der Waals surface area contributed by atoms with Crippen LogP contribution < -0.4 is 5.32 Å². The summed E-state index contributed by atoms with van der Waals surface area (Å²) in [5.74, 6) is 0.0670. The first-order valence-electron chi connectivity index (χ1n) is 6.94. The first-order chi connectivity index (χ1) is 9.93. The van der Waals surface area contributed by atoms with Crippen LogP contribution in [0.2, 0.25) is 5.02 Å². The molecule has 2 fully saturated rings. The quantitative estimate of drug-likeness (QED) is 0.897. The van der Waals surface area contributed by atoms with Crippen molar-refractivity contribution in [2.45, 2.75) is 24.2 Å². The summed E-state index contributed by atoms with van der Waals surface area (Å²) in [6.07, 6.45) is 1.91. The molecule has 0 bridgehead atoms. The Kier molecular flexibility index (Phi) is 3.71. The third kappa shape index (κ3) is 2.67. The van der Waals surface area contributed by atoms with E-state index < -0.39 is 10.0 Å². The van der Waals surface area contributed by atoms with Gasteiger partial charge < -0.3 is 5.32 Å². The molecule has 114 valence electrons. The molecule has 2 aliphatic rings. The maximum atomic E-state index is 12.6. The summed E-state index contributed by atoms with van der Waals surface area (Å²) in [6.45, 7) is 1.52. The molecule has 0 unspecified atom stereocenters. The SMILES string of the molecule is O=C1CC2(CCN(S(=O)(=O)c3ccccc3Cl)CC2)CN1. The van der Waals surface area contributed by atoms with Crippen molar-refractivity contribution in [1.82, 2.24) is 9.62 Å². The van der Waals surface area contributed by atoms with Crippen LogP contribution in [-0.4, -0.2) is 38.3 Å². The van der Waals surface area contributed by atoms with Crippen LogP contribution in [0.5, 0.6) is 0 Å². The van der Waals surface area contributed by atoms with Gasteiger partial charge >= 0.3 is 0 Å². The molecule has 2 aliphatic heterocycles. The summed E-state index contributed by atoms with van der Waals surface area (Å²) in [4.78, 5) is 11.6. The summed E-state index contributed by atoms with van der Waals surface area (Å²) < 4.78 is 26.7. The van der Waals surface area contributed by atoms with Gasteiger partial charge in [-0.1, -0.05) is 23.7 Å². The Labute approximate surface area is 129 Å². The normalized spacial score (nSPS) is 22.4. The van der Waals surface area contributed by atoms with Gasteiger partial charge in [0.05, 0.1) is 5.02 Å². The molecule has 1 aromatic carbocycles. The summed E-state index contributed by atoms with van der Waals surface area (Å²) in [6, 6.07) is 6.49. The van der Waals surface area contributed by atoms with E-state index in [1.807, 2.05) is 0 Å². The van der Waals surface area contributed by atoms with E-state index in [2.05, 4.69) is 5.32 Å². The highest BCUT2D eigenvalue weighted by Crippen LogP contribution is 2.39. The van der Waals surface area contributed by atoms with E-state index in [-0.39, 0.29) is 21.2 Å². The van der Waals surface area contributed by atoms with Crippen molar-refractivity contribution < 1.29 is 13.2 Å². The van der Waals surface area contributed by atoms with Gasteiger partial charge in [-0.25, -0.2) is 8.42 Å². The molecule has 5 nitrogen and oxygen atoms in total. The maximum absolute atomic E-state index is 12.6. The minimum absolute atomic E-state index is 0.0659. The van der Waals surface area contributed by atoms with Crippen LogP contribution in [0.1, 0.15) is 19.3 Å². The maximum Gasteiger partial charge on any atom is 0.244 e. The van der Waals surface area contributed by atoms with Crippen LogP contribution in [-0.2, 0) is 14.8 Å². The number of carbonyl (C=O) groups excluding carboxylic acids is 1. The number of nitrogens with one attached hydrogen (secondary N) is 1. The molecule has 1 aromatic rings. The van der Waals surface area contributed by atoms with Gasteiger partial charge in [0.15, 0.2) is 0 Å². The van der Waals surface area contributed by atoms with Crippen LogP contribution >= 0.6 is 11.6 Å². The number of halogens is 1. The highest BCUT2D eigenvalue weighted by atomic mass is 35.5. The molecule has 0 saturated carbocycles. The molecule has 2 saturated heterocycles. The number of nitrogens with zero attached hydrogens (tertiary/aromatic N) is 1. The number of carbonyl (C=O) groups is 1. The summed E-state index contributed by atoms with van der Waals surface area (Å²) in [5, 5.41) is 3.09. The van der Waals surface area contributed by atoms with Gasteiger partial charge in [-0.05, 0) is 30.4 Å². The molecule has 0 aromatic heterocycles. The molecule has 0 radical (unpaired) electrons. The van der Waals surface area contributed by atoms with E-state index in [0.717, 1.165) is 0 Å². The van der Waals surface area contributed by atoms with Crippen molar-refractivity contribution in [1.29, 1.82) is 0 Å². The van der Waals surface area contributed by atoms with Gasteiger partial charge in [-0.15, -0.1) is 0 Å². The van der Waals surface area contributed by atoms with Gasteiger partial charge in [-0.2, -0.15) is 4.31 Å². The van der Waals surface area contributed by atoms with E-state index in [0.29, 0.717) is 38.9 Å². The summed E-state index contributed by atoms with van der Waals surface area (Å²) in [5.41, 5.74) is -0.0659. The largest absolute Gasteiger partial charge is 0.356 e. The van der Waals surface area contributed by atoms with E-state index in [4.69, 9.17) is 11.6 Å². The van der Waals surface area contributed by atoms with Crippen molar-refractivity contribution in [2.24, 2.45) is 5.41 Å². The van der Waals surface area contributed by atoms with Crippen molar-refractivity contribution in [3.8, 4) is 0 Å². The average molecular weight is 329 g/mol. The predicted octanol–water partition coefficient (Wildman–Crippen LogP) is 1.63. The lowest BCUT2D eigenvalue weighted by molar-refractivity contribution is -0.119. The minimum Gasteiger partial charge on any atom is -0.356 e. The average Bonchev–Trinajstić information content (AvgIpc) is 2.80. The Hall–Kier alpha value is -1.11. The number of sulfonamides is 1. The fourth-order valence-electron chi connectivity index (χ4n) is 3.10. The monoisotopic (exact) mass is 328 g/mol. The van der Waals surface area contributed by atoms with E-state index in [1.165, 1.54) is 10.4 Å². The first kappa shape index (κ1) is 14.8.